The van der Waals surface area contributed by atoms with Crippen molar-refractivity contribution in [2.24, 2.45) is 5.73 Å². The summed E-state index contributed by atoms with van der Waals surface area (Å²) in [7, 11) is -6.83. The van der Waals surface area contributed by atoms with Crippen molar-refractivity contribution in [3.8, 4) is 0 Å². The minimum atomic E-state index is -3.46. The Balaban J connectivity index is 0.000000416. The van der Waals surface area contributed by atoms with Crippen LogP contribution in [-0.4, -0.2) is 41.0 Å². The molecule has 0 spiro atoms. The Kier molecular flexibility index (Phi) is 12.3. The number of rotatable bonds is 9. The highest BCUT2D eigenvalue weighted by Gasteiger charge is 2.17. The molecular formula is C25H34Cl2N4O6S2. The van der Waals surface area contributed by atoms with E-state index in [9.17, 15) is 21.6 Å². The van der Waals surface area contributed by atoms with Gasteiger partial charge in [0, 0.05) is 13.1 Å². The molecule has 5 N–H and O–H groups in total. The second-order valence-electron chi connectivity index (χ2n) is 9.30. The first-order valence-electron chi connectivity index (χ1n) is 11.3. The fraction of sp³-hybridized carbons (Fsp3) is 0.320. The third-order valence-corrected chi connectivity index (χ3v) is 6.19. The van der Waals surface area contributed by atoms with Gasteiger partial charge in [0.1, 0.15) is 5.60 Å². The van der Waals surface area contributed by atoms with Crippen molar-refractivity contribution in [1.82, 2.24) is 5.32 Å². The van der Waals surface area contributed by atoms with Crippen molar-refractivity contribution in [2.45, 2.75) is 39.5 Å². The number of hydrogen-bond donors (Lipinski definition) is 4. The van der Waals surface area contributed by atoms with Crippen LogP contribution in [0.15, 0.2) is 37.4 Å². The number of benzene rings is 2. The van der Waals surface area contributed by atoms with Gasteiger partial charge < -0.3 is 15.8 Å². The summed E-state index contributed by atoms with van der Waals surface area (Å²) in [5.41, 5.74) is 8.12. The highest BCUT2D eigenvalue weighted by Crippen LogP contribution is 2.30. The molecule has 0 heterocycles. The first-order chi connectivity index (χ1) is 17.8. The number of sulfonamides is 2. The van der Waals surface area contributed by atoms with Crippen LogP contribution in [0.3, 0.4) is 0 Å². The van der Waals surface area contributed by atoms with E-state index in [4.69, 9.17) is 33.7 Å². The lowest BCUT2D eigenvalue weighted by Crippen LogP contribution is -2.32. The number of anilines is 2. The zero-order chi connectivity index (χ0) is 30.2. The first-order valence-corrected chi connectivity index (χ1v) is 15.8. The predicted molar refractivity (Wildman–Crippen MR) is 161 cm³/mol. The summed E-state index contributed by atoms with van der Waals surface area (Å²) in [6, 6.07) is 6.62. The van der Waals surface area contributed by atoms with Crippen LogP contribution in [0.25, 0.3) is 12.2 Å². The zero-order valence-electron chi connectivity index (χ0n) is 22.4. The molecule has 0 aromatic heterocycles. The molecule has 2 aromatic rings. The standard InChI is InChI=1S/C15H21ClN2O4S.C10H13ClN2O2S/c1-6-11-7-10(9-17-14(19)22-15(2,3)4)8-12(16)13(11)18-23(5,20)21;1-3-8-4-7(6-12)5-9(11)10(8)13-16(2,14)15/h6-8,18H,1,9H2,2-5H3,(H,17,19);3-5,13H,1,6,12H2,2H3. The van der Waals surface area contributed by atoms with Gasteiger partial charge in [0.15, 0.2) is 0 Å². The lowest BCUT2D eigenvalue weighted by molar-refractivity contribution is 0.0523. The highest BCUT2D eigenvalue weighted by molar-refractivity contribution is 7.92. The van der Waals surface area contributed by atoms with Crippen molar-refractivity contribution in [1.29, 1.82) is 0 Å². The van der Waals surface area contributed by atoms with Crippen LogP contribution >= 0.6 is 23.2 Å². The van der Waals surface area contributed by atoms with E-state index < -0.39 is 31.7 Å². The number of ether oxygens (including phenoxy) is 1. The molecule has 0 radical (unpaired) electrons. The summed E-state index contributed by atoms with van der Waals surface area (Å²) in [5.74, 6) is 0. The van der Waals surface area contributed by atoms with Crippen molar-refractivity contribution in [2.75, 3.05) is 22.0 Å². The van der Waals surface area contributed by atoms with Gasteiger partial charge in [-0.05, 0) is 67.3 Å². The maximum atomic E-state index is 11.6. The number of alkyl carbamates (subject to hydrolysis) is 1. The van der Waals surface area contributed by atoms with E-state index in [1.807, 2.05) is 0 Å². The Morgan fingerprint density at radius 3 is 1.67 bits per heavy atom. The summed E-state index contributed by atoms with van der Waals surface area (Å²) in [6.45, 7) is 13.1. The molecule has 0 aliphatic carbocycles. The second-order valence-corrected chi connectivity index (χ2v) is 13.6. The van der Waals surface area contributed by atoms with Gasteiger partial charge in [-0.25, -0.2) is 21.6 Å². The Hall–Kier alpha value is -2.77. The number of nitrogens with one attached hydrogen (secondary N) is 3. The largest absolute Gasteiger partial charge is 0.444 e. The molecule has 0 unspecified atom stereocenters. The number of carbonyl (C=O) groups excluding carboxylic acids is 1. The van der Waals surface area contributed by atoms with Gasteiger partial charge >= 0.3 is 6.09 Å². The van der Waals surface area contributed by atoms with E-state index >= 15 is 0 Å². The first kappa shape index (κ1) is 34.3. The van der Waals surface area contributed by atoms with Crippen molar-refractivity contribution in [3.63, 3.8) is 0 Å². The smallest absolute Gasteiger partial charge is 0.407 e. The molecule has 39 heavy (non-hydrogen) atoms. The SMILES string of the molecule is C=Cc1cc(CN)cc(Cl)c1NS(C)(=O)=O.C=Cc1cc(CNC(=O)OC(C)(C)C)cc(Cl)c1NS(C)(=O)=O. The Labute approximate surface area is 240 Å². The summed E-state index contributed by atoms with van der Waals surface area (Å²) < 4.78 is 54.9. The van der Waals surface area contributed by atoms with Gasteiger partial charge in [-0.3, -0.25) is 9.44 Å². The Bertz CT molecular complexity index is 1440. The van der Waals surface area contributed by atoms with Crippen LogP contribution in [0.1, 0.15) is 43.0 Å². The molecule has 0 fully saturated rings. The maximum Gasteiger partial charge on any atom is 0.407 e. The van der Waals surface area contributed by atoms with E-state index in [0.29, 0.717) is 33.9 Å². The van der Waals surface area contributed by atoms with Gasteiger partial charge in [0.2, 0.25) is 20.0 Å². The topological polar surface area (TPSA) is 157 Å². The number of hydrogen-bond acceptors (Lipinski definition) is 7. The molecule has 0 aliphatic rings. The highest BCUT2D eigenvalue weighted by atomic mass is 35.5. The molecule has 14 heteroatoms. The van der Waals surface area contributed by atoms with Gasteiger partial charge in [-0.15, -0.1) is 0 Å². The summed E-state index contributed by atoms with van der Waals surface area (Å²) in [6.07, 6.45) is 4.56. The molecule has 0 atom stereocenters. The minimum absolute atomic E-state index is 0.189. The molecule has 0 saturated heterocycles. The molecule has 1 amide bonds. The number of nitrogens with two attached hydrogens (primary N) is 1. The van der Waals surface area contributed by atoms with Crippen molar-refractivity contribution >= 4 is 72.9 Å². The van der Waals surface area contributed by atoms with E-state index in [1.165, 1.54) is 12.2 Å². The third-order valence-electron chi connectivity index (χ3n) is 4.45. The zero-order valence-corrected chi connectivity index (χ0v) is 25.5. The van der Waals surface area contributed by atoms with Gasteiger partial charge in [0.25, 0.3) is 0 Å². The minimum Gasteiger partial charge on any atom is -0.444 e. The number of halogens is 2. The van der Waals surface area contributed by atoms with E-state index in [2.05, 4.69) is 27.9 Å². The molecule has 2 rings (SSSR count). The average Bonchev–Trinajstić information content (AvgIpc) is 2.78. The van der Waals surface area contributed by atoms with Crippen molar-refractivity contribution in [3.05, 3.63) is 69.7 Å². The van der Waals surface area contributed by atoms with Crippen molar-refractivity contribution < 1.29 is 26.4 Å². The monoisotopic (exact) mass is 620 g/mol. The fourth-order valence-electron chi connectivity index (χ4n) is 2.99. The van der Waals surface area contributed by atoms with E-state index in [-0.39, 0.29) is 17.3 Å². The predicted octanol–water partition coefficient (Wildman–Crippen LogP) is 5.19. The van der Waals surface area contributed by atoms with E-state index in [0.717, 1.165) is 18.1 Å². The summed E-state index contributed by atoms with van der Waals surface area (Å²) in [4.78, 5) is 11.6. The fourth-order valence-corrected chi connectivity index (χ4v) is 4.89. The Morgan fingerprint density at radius 2 is 1.31 bits per heavy atom. The normalized spacial score (nSPS) is 11.5. The maximum absolute atomic E-state index is 11.6. The van der Waals surface area contributed by atoms with Crippen LogP contribution < -0.4 is 20.5 Å². The van der Waals surface area contributed by atoms with Gasteiger partial charge in [-0.2, -0.15) is 0 Å². The second kappa shape index (κ2) is 14.0. The molecule has 0 saturated carbocycles. The molecule has 10 nitrogen and oxygen atoms in total. The number of carbonyl (C=O) groups is 1. The number of amides is 1. The van der Waals surface area contributed by atoms with Crippen LogP contribution in [0.4, 0.5) is 16.2 Å². The van der Waals surface area contributed by atoms with Crippen LogP contribution in [0.5, 0.6) is 0 Å². The quantitative estimate of drug-likeness (QED) is 0.300. The lowest BCUT2D eigenvalue weighted by atomic mass is 10.1. The van der Waals surface area contributed by atoms with Gasteiger partial charge in [-0.1, -0.05) is 48.5 Å². The van der Waals surface area contributed by atoms with Crippen LogP contribution in [0.2, 0.25) is 10.0 Å². The molecule has 2 aromatic carbocycles. The summed E-state index contributed by atoms with van der Waals surface area (Å²) in [5, 5.41) is 3.13. The lowest BCUT2D eigenvalue weighted by Gasteiger charge is -2.20. The Morgan fingerprint density at radius 1 is 0.897 bits per heavy atom. The average molecular weight is 622 g/mol. The van der Waals surface area contributed by atoms with Gasteiger partial charge in [0.05, 0.1) is 33.9 Å². The molecule has 216 valence electrons. The van der Waals surface area contributed by atoms with Crippen LogP contribution in [0, 0.1) is 0 Å². The van der Waals surface area contributed by atoms with E-state index in [1.54, 1.807) is 45.0 Å². The molecular weight excluding hydrogens is 587 g/mol. The van der Waals surface area contributed by atoms with Crippen LogP contribution in [-0.2, 0) is 37.9 Å². The molecule has 0 bridgehead atoms. The molecule has 0 aliphatic heterocycles. The third kappa shape index (κ3) is 12.8. The summed E-state index contributed by atoms with van der Waals surface area (Å²) >= 11 is 12.1.